The smallest absolute Gasteiger partial charge is 0.228 e. The number of carbonyl (C=O) groups is 2. The molecule has 1 atom stereocenters. The van der Waals surface area contributed by atoms with Gasteiger partial charge in [0.15, 0.2) is 0 Å². The SMILES string of the molecule is O=C([C@H]1CC(=O)N(c2ccc(Cl)cc2)C1)N1CCOCC1. The first-order chi connectivity index (χ1) is 10.1. The van der Waals surface area contributed by atoms with Gasteiger partial charge in [-0.2, -0.15) is 0 Å². The molecule has 0 radical (unpaired) electrons. The van der Waals surface area contributed by atoms with Gasteiger partial charge in [-0.05, 0) is 24.3 Å². The highest BCUT2D eigenvalue weighted by molar-refractivity contribution is 6.30. The van der Waals surface area contributed by atoms with Crippen LogP contribution in [-0.4, -0.2) is 49.6 Å². The van der Waals surface area contributed by atoms with Crippen molar-refractivity contribution in [1.29, 1.82) is 0 Å². The topological polar surface area (TPSA) is 49.9 Å². The molecule has 3 rings (SSSR count). The summed E-state index contributed by atoms with van der Waals surface area (Å²) in [6, 6.07) is 7.12. The fraction of sp³-hybridized carbons (Fsp3) is 0.467. The normalized spacial score (nSPS) is 22.7. The van der Waals surface area contributed by atoms with Gasteiger partial charge in [0.25, 0.3) is 0 Å². The Hall–Kier alpha value is -1.59. The minimum absolute atomic E-state index is 0.0102. The van der Waals surface area contributed by atoms with Gasteiger partial charge in [0.05, 0.1) is 19.1 Å². The van der Waals surface area contributed by atoms with E-state index in [0.717, 1.165) is 5.69 Å². The molecule has 2 aliphatic rings. The van der Waals surface area contributed by atoms with Gasteiger partial charge in [0.2, 0.25) is 11.8 Å². The lowest BCUT2D eigenvalue weighted by molar-refractivity contribution is -0.139. The molecule has 2 amide bonds. The molecule has 0 spiro atoms. The van der Waals surface area contributed by atoms with Crippen LogP contribution in [0.3, 0.4) is 0 Å². The van der Waals surface area contributed by atoms with Gasteiger partial charge in [-0.1, -0.05) is 11.6 Å². The average molecular weight is 309 g/mol. The van der Waals surface area contributed by atoms with E-state index in [1.54, 1.807) is 21.9 Å². The zero-order chi connectivity index (χ0) is 14.8. The zero-order valence-corrected chi connectivity index (χ0v) is 12.4. The van der Waals surface area contributed by atoms with E-state index in [4.69, 9.17) is 16.3 Å². The second kappa shape index (κ2) is 6.03. The number of halogens is 1. The standard InChI is InChI=1S/C15H17ClN2O3/c16-12-1-3-13(4-2-12)18-10-11(9-14(18)19)15(20)17-5-7-21-8-6-17/h1-4,11H,5-10H2/t11-/m0/s1. The van der Waals surface area contributed by atoms with E-state index in [0.29, 0.717) is 37.9 Å². The highest BCUT2D eigenvalue weighted by Gasteiger charge is 2.37. The summed E-state index contributed by atoms with van der Waals surface area (Å²) >= 11 is 5.86. The number of morpholine rings is 1. The van der Waals surface area contributed by atoms with Crippen LogP contribution in [0.15, 0.2) is 24.3 Å². The Kier molecular flexibility index (Phi) is 4.12. The number of benzene rings is 1. The summed E-state index contributed by atoms with van der Waals surface area (Å²) in [5.74, 6) is -0.210. The fourth-order valence-electron chi connectivity index (χ4n) is 2.79. The summed E-state index contributed by atoms with van der Waals surface area (Å²) in [5, 5.41) is 0.631. The van der Waals surface area contributed by atoms with E-state index in [2.05, 4.69) is 0 Å². The number of amides is 2. The molecule has 6 heteroatoms. The molecule has 0 bridgehead atoms. The molecule has 0 aromatic heterocycles. The minimum atomic E-state index is -0.258. The summed E-state index contributed by atoms with van der Waals surface area (Å²) in [7, 11) is 0. The molecular formula is C15H17ClN2O3. The third kappa shape index (κ3) is 3.04. The highest BCUT2D eigenvalue weighted by Crippen LogP contribution is 2.27. The number of hydrogen-bond acceptors (Lipinski definition) is 3. The van der Waals surface area contributed by atoms with Crippen LogP contribution in [0.4, 0.5) is 5.69 Å². The third-order valence-corrected chi connectivity index (χ3v) is 4.19. The molecule has 0 saturated carbocycles. The highest BCUT2D eigenvalue weighted by atomic mass is 35.5. The van der Waals surface area contributed by atoms with Gasteiger partial charge < -0.3 is 14.5 Å². The second-order valence-corrected chi connectivity index (χ2v) is 5.76. The lowest BCUT2D eigenvalue weighted by atomic mass is 10.1. The number of anilines is 1. The molecule has 21 heavy (non-hydrogen) atoms. The van der Waals surface area contributed by atoms with Crippen molar-refractivity contribution in [3.8, 4) is 0 Å². The van der Waals surface area contributed by atoms with Gasteiger partial charge in [0, 0.05) is 36.8 Å². The maximum absolute atomic E-state index is 12.4. The third-order valence-electron chi connectivity index (χ3n) is 3.94. The molecule has 1 aromatic carbocycles. The van der Waals surface area contributed by atoms with Crippen LogP contribution in [0.5, 0.6) is 0 Å². The van der Waals surface area contributed by atoms with Crippen LogP contribution in [0, 0.1) is 5.92 Å². The van der Waals surface area contributed by atoms with E-state index < -0.39 is 0 Å². The predicted molar refractivity (Wildman–Crippen MR) is 79.3 cm³/mol. The van der Waals surface area contributed by atoms with Crippen LogP contribution in [0.25, 0.3) is 0 Å². The zero-order valence-electron chi connectivity index (χ0n) is 11.6. The Morgan fingerprint density at radius 3 is 2.52 bits per heavy atom. The number of ether oxygens (including phenoxy) is 1. The Bertz CT molecular complexity index is 540. The molecule has 2 aliphatic heterocycles. The van der Waals surface area contributed by atoms with Gasteiger partial charge in [-0.25, -0.2) is 0 Å². The van der Waals surface area contributed by atoms with E-state index >= 15 is 0 Å². The molecule has 0 N–H and O–H groups in total. The summed E-state index contributed by atoms with van der Waals surface area (Å²) in [4.78, 5) is 28.1. The van der Waals surface area contributed by atoms with Crippen LogP contribution >= 0.6 is 11.6 Å². The first-order valence-corrected chi connectivity index (χ1v) is 7.45. The average Bonchev–Trinajstić information content (AvgIpc) is 2.90. The lowest BCUT2D eigenvalue weighted by Gasteiger charge is -2.29. The maximum atomic E-state index is 12.4. The van der Waals surface area contributed by atoms with E-state index in [1.807, 2.05) is 12.1 Å². The van der Waals surface area contributed by atoms with Crippen LogP contribution < -0.4 is 4.90 Å². The number of hydrogen-bond donors (Lipinski definition) is 0. The minimum Gasteiger partial charge on any atom is -0.378 e. The summed E-state index contributed by atoms with van der Waals surface area (Å²) in [5.41, 5.74) is 0.793. The monoisotopic (exact) mass is 308 g/mol. The van der Waals surface area contributed by atoms with Crippen molar-refractivity contribution >= 4 is 29.1 Å². The Morgan fingerprint density at radius 2 is 1.86 bits per heavy atom. The van der Waals surface area contributed by atoms with Crippen molar-refractivity contribution in [3.05, 3.63) is 29.3 Å². The molecule has 0 aliphatic carbocycles. The number of carbonyl (C=O) groups excluding carboxylic acids is 2. The van der Waals surface area contributed by atoms with E-state index in [-0.39, 0.29) is 24.2 Å². The molecule has 1 aromatic rings. The molecule has 5 nitrogen and oxygen atoms in total. The van der Waals surface area contributed by atoms with Crippen molar-refractivity contribution in [1.82, 2.24) is 4.90 Å². The molecule has 2 saturated heterocycles. The molecule has 0 unspecified atom stereocenters. The first-order valence-electron chi connectivity index (χ1n) is 7.07. The quantitative estimate of drug-likeness (QED) is 0.833. The van der Waals surface area contributed by atoms with Crippen molar-refractivity contribution in [3.63, 3.8) is 0 Å². The van der Waals surface area contributed by atoms with Crippen LogP contribution in [-0.2, 0) is 14.3 Å². The van der Waals surface area contributed by atoms with E-state index in [1.165, 1.54) is 0 Å². The van der Waals surface area contributed by atoms with Crippen molar-refractivity contribution in [2.45, 2.75) is 6.42 Å². The molecular weight excluding hydrogens is 292 g/mol. The van der Waals surface area contributed by atoms with Crippen molar-refractivity contribution < 1.29 is 14.3 Å². The summed E-state index contributed by atoms with van der Waals surface area (Å²) < 4.78 is 5.25. The Morgan fingerprint density at radius 1 is 1.19 bits per heavy atom. The Labute approximate surface area is 128 Å². The van der Waals surface area contributed by atoms with Gasteiger partial charge in [0.1, 0.15) is 0 Å². The largest absolute Gasteiger partial charge is 0.378 e. The molecule has 2 fully saturated rings. The number of rotatable bonds is 2. The van der Waals surface area contributed by atoms with Gasteiger partial charge in [-0.15, -0.1) is 0 Å². The fourth-order valence-corrected chi connectivity index (χ4v) is 2.91. The predicted octanol–water partition coefficient (Wildman–Crippen LogP) is 1.55. The van der Waals surface area contributed by atoms with Crippen molar-refractivity contribution in [2.75, 3.05) is 37.7 Å². The lowest BCUT2D eigenvalue weighted by Crippen LogP contribution is -2.44. The Balaban J connectivity index is 1.69. The summed E-state index contributed by atoms with van der Waals surface area (Å²) in [6.45, 7) is 2.83. The van der Waals surface area contributed by atoms with Crippen LogP contribution in [0.1, 0.15) is 6.42 Å². The van der Waals surface area contributed by atoms with Gasteiger partial charge in [-0.3, -0.25) is 9.59 Å². The number of nitrogens with zero attached hydrogens (tertiary/aromatic N) is 2. The van der Waals surface area contributed by atoms with E-state index in [9.17, 15) is 9.59 Å². The molecule has 2 heterocycles. The second-order valence-electron chi connectivity index (χ2n) is 5.32. The van der Waals surface area contributed by atoms with Crippen LogP contribution in [0.2, 0.25) is 5.02 Å². The maximum Gasteiger partial charge on any atom is 0.228 e. The van der Waals surface area contributed by atoms with Crippen molar-refractivity contribution in [2.24, 2.45) is 5.92 Å². The van der Waals surface area contributed by atoms with Gasteiger partial charge >= 0.3 is 0 Å². The summed E-state index contributed by atoms with van der Waals surface area (Å²) in [6.07, 6.45) is 0.277. The molecule has 112 valence electrons. The first kappa shape index (κ1) is 14.4.